The van der Waals surface area contributed by atoms with E-state index in [4.69, 9.17) is 10.5 Å². The van der Waals surface area contributed by atoms with E-state index in [0.717, 1.165) is 18.7 Å². The summed E-state index contributed by atoms with van der Waals surface area (Å²) in [6.07, 6.45) is 0.950. The second-order valence-electron chi connectivity index (χ2n) is 5.28. The predicted molar refractivity (Wildman–Crippen MR) is 89.8 cm³/mol. The van der Waals surface area contributed by atoms with Crippen molar-refractivity contribution in [2.75, 3.05) is 14.2 Å². The molecule has 0 aliphatic carbocycles. The number of hydrogen-bond acceptors (Lipinski definition) is 4. The van der Waals surface area contributed by atoms with Crippen LogP contribution in [0, 0.1) is 0 Å². The molecule has 114 valence electrons. The zero-order chi connectivity index (χ0) is 15.2. The smallest absolute Gasteiger partial charge is 0.118 e. The third-order valence-electron chi connectivity index (χ3n) is 3.79. The van der Waals surface area contributed by atoms with Crippen LogP contribution >= 0.6 is 11.3 Å². The lowest BCUT2D eigenvalue weighted by atomic mass is 9.96. The van der Waals surface area contributed by atoms with Gasteiger partial charge in [-0.25, -0.2) is 0 Å². The van der Waals surface area contributed by atoms with E-state index in [1.165, 1.54) is 10.4 Å². The molecule has 0 bridgehead atoms. The van der Waals surface area contributed by atoms with Crippen molar-refractivity contribution in [3.05, 3.63) is 52.2 Å². The van der Waals surface area contributed by atoms with Crippen LogP contribution in [-0.2, 0) is 6.54 Å². The molecule has 0 radical (unpaired) electrons. The maximum Gasteiger partial charge on any atom is 0.118 e. The molecule has 0 aliphatic heterocycles. The number of ether oxygens (including phenoxy) is 1. The third kappa shape index (κ3) is 4.06. The lowest BCUT2D eigenvalue weighted by molar-refractivity contribution is 0.203. The molecule has 0 saturated heterocycles. The molecule has 3 nitrogen and oxygen atoms in total. The number of nitrogens with zero attached hydrogens (tertiary/aromatic N) is 1. The minimum absolute atomic E-state index is 0.114. The van der Waals surface area contributed by atoms with Crippen LogP contribution < -0.4 is 10.5 Å². The Balaban J connectivity index is 2.20. The molecule has 21 heavy (non-hydrogen) atoms. The van der Waals surface area contributed by atoms with Gasteiger partial charge in [-0.15, -0.1) is 11.3 Å². The molecule has 0 saturated carbocycles. The van der Waals surface area contributed by atoms with Crippen LogP contribution in [0.4, 0.5) is 0 Å². The first-order valence-corrected chi connectivity index (χ1v) is 8.15. The zero-order valence-corrected chi connectivity index (χ0v) is 13.8. The average Bonchev–Trinajstić information content (AvgIpc) is 3.00. The van der Waals surface area contributed by atoms with Crippen molar-refractivity contribution < 1.29 is 4.74 Å². The van der Waals surface area contributed by atoms with Crippen molar-refractivity contribution in [2.45, 2.75) is 32.0 Å². The van der Waals surface area contributed by atoms with Gasteiger partial charge in [-0.05, 0) is 42.6 Å². The number of thiophene rings is 1. The summed E-state index contributed by atoms with van der Waals surface area (Å²) >= 11 is 1.79. The van der Waals surface area contributed by atoms with E-state index in [1.807, 2.05) is 12.1 Å². The van der Waals surface area contributed by atoms with Crippen LogP contribution in [0.25, 0.3) is 0 Å². The Morgan fingerprint density at radius 3 is 2.48 bits per heavy atom. The first kappa shape index (κ1) is 16.0. The van der Waals surface area contributed by atoms with Crippen molar-refractivity contribution in [1.82, 2.24) is 4.90 Å². The van der Waals surface area contributed by atoms with Gasteiger partial charge in [0.25, 0.3) is 0 Å². The van der Waals surface area contributed by atoms with E-state index < -0.39 is 0 Å². The third-order valence-corrected chi connectivity index (χ3v) is 4.66. The van der Waals surface area contributed by atoms with Gasteiger partial charge in [-0.1, -0.05) is 25.1 Å². The molecule has 0 amide bonds. The Morgan fingerprint density at radius 2 is 1.95 bits per heavy atom. The molecule has 2 N–H and O–H groups in total. The zero-order valence-electron chi connectivity index (χ0n) is 13.0. The van der Waals surface area contributed by atoms with Crippen molar-refractivity contribution in [3.8, 4) is 5.75 Å². The summed E-state index contributed by atoms with van der Waals surface area (Å²) < 4.78 is 5.24. The molecule has 2 atom stereocenters. The molecule has 4 heteroatoms. The van der Waals surface area contributed by atoms with Crippen LogP contribution in [0.1, 0.15) is 29.8 Å². The first-order valence-electron chi connectivity index (χ1n) is 7.27. The van der Waals surface area contributed by atoms with Crippen LogP contribution in [0.2, 0.25) is 0 Å². The monoisotopic (exact) mass is 304 g/mol. The van der Waals surface area contributed by atoms with E-state index in [1.54, 1.807) is 18.4 Å². The van der Waals surface area contributed by atoms with Crippen molar-refractivity contribution >= 4 is 11.3 Å². The largest absolute Gasteiger partial charge is 0.497 e. The fourth-order valence-electron chi connectivity index (χ4n) is 2.60. The molecule has 2 unspecified atom stereocenters. The summed E-state index contributed by atoms with van der Waals surface area (Å²) in [5, 5.41) is 2.12. The second kappa shape index (κ2) is 7.59. The van der Waals surface area contributed by atoms with Gasteiger partial charge in [0, 0.05) is 23.5 Å². The Labute approximate surface area is 131 Å². The standard InChI is InChI=1S/C17H24N2OS/c1-4-16(18)17(13-7-9-14(20-3)10-8-13)19(2)12-15-6-5-11-21-15/h5-11,16-17H,4,12,18H2,1-3H3. The number of nitrogens with two attached hydrogens (primary N) is 1. The summed E-state index contributed by atoms with van der Waals surface area (Å²) in [5.74, 6) is 0.878. The van der Waals surface area contributed by atoms with Crippen LogP contribution in [-0.4, -0.2) is 25.1 Å². The summed E-state index contributed by atoms with van der Waals surface area (Å²) in [6, 6.07) is 12.8. The molecule has 0 spiro atoms. The minimum atomic E-state index is 0.114. The van der Waals surface area contributed by atoms with Gasteiger partial charge in [0.15, 0.2) is 0 Å². The summed E-state index contributed by atoms with van der Waals surface area (Å²) in [6.45, 7) is 3.06. The highest BCUT2D eigenvalue weighted by molar-refractivity contribution is 7.09. The summed E-state index contributed by atoms with van der Waals surface area (Å²) in [4.78, 5) is 3.70. The molecule has 1 heterocycles. The molecular formula is C17H24N2OS. The van der Waals surface area contributed by atoms with Crippen LogP contribution in [0.15, 0.2) is 41.8 Å². The molecule has 1 aromatic carbocycles. The predicted octanol–water partition coefficient (Wildman–Crippen LogP) is 3.67. The Bertz CT molecular complexity index is 524. The number of rotatable bonds is 7. The number of likely N-dealkylation sites (N-methyl/N-ethyl adjacent to an activating group) is 1. The lowest BCUT2D eigenvalue weighted by Crippen LogP contribution is -2.38. The molecular weight excluding hydrogens is 280 g/mol. The highest BCUT2D eigenvalue weighted by atomic mass is 32.1. The minimum Gasteiger partial charge on any atom is -0.497 e. The maximum absolute atomic E-state index is 6.38. The molecule has 2 rings (SSSR count). The Kier molecular flexibility index (Phi) is 5.79. The maximum atomic E-state index is 6.38. The quantitative estimate of drug-likeness (QED) is 0.848. The number of hydrogen-bond donors (Lipinski definition) is 1. The average molecular weight is 304 g/mol. The fraction of sp³-hybridized carbons (Fsp3) is 0.412. The van der Waals surface area contributed by atoms with Gasteiger partial charge < -0.3 is 10.5 Å². The molecule has 2 aromatic rings. The Morgan fingerprint density at radius 1 is 1.24 bits per heavy atom. The van der Waals surface area contributed by atoms with Crippen LogP contribution in [0.3, 0.4) is 0 Å². The van der Waals surface area contributed by atoms with Gasteiger partial charge >= 0.3 is 0 Å². The Hall–Kier alpha value is -1.36. The number of benzene rings is 1. The van der Waals surface area contributed by atoms with E-state index in [0.29, 0.717) is 0 Å². The highest BCUT2D eigenvalue weighted by Gasteiger charge is 2.23. The lowest BCUT2D eigenvalue weighted by Gasteiger charge is -2.32. The first-order chi connectivity index (χ1) is 10.2. The number of methoxy groups -OCH3 is 1. The fourth-order valence-corrected chi connectivity index (χ4v) is 3.37. The molecule has 0 aliphatic rings. The van der Waals surface area contributed by atoms with E-state index in [-0.39, 0.29) is 12.1 Å². The summed E-state index contributed by atoms with van der Waals surface area (Å²) in [7, 11) is 3.83. The summed E-state index contributed by atoms with van der Waals surface area (Å²) in [5.41, 5.74) is 7.62. The van der Waals surface area contributed by atoms with Gasteiger partial charge in [0.1, 0.15) is 5.75 Å². The van der Waals surface area contributed by atoms with E-state index in [2.05, 4.69) is 48.5 Å². The van der Waals surface area contributed by atoms with Crippen molar-refractivity contribution in [3.63, 3.8) is 0 Å². The van der Waals surface area contributed by atoms with E-state index >= 15 is 0 Å². The van der Waals surface area contributed by atoms with Gasteiger partial charge in [0.05, 0.1) is 7.11 Å². The van der Waals surface area contributed by atoms with Gasteiger partial charge in [-0.2, -0.15) is 0 Å². The van der Waals surface area contributed by atoms with Crippen molar-refractivity contribution in [1.29, 1.82) is 0 Å². The van der Waals surface area contributed by atoms with Gasteiger partial charge in [-0.3, -0.25) is 4.90 Å². The van der Waals surface area contributed by atoms with Gasteiger partial charge in [0.2, 0.25) is 0 Å². The SMILES string of the molecule is CCC(N)C(c1ccc(OC)cc1)N(C)Cc1cccs1. The second-order valence-corrected chi connectivity index (χ2v) is 6.32. The molecule has 0 fully saturated rings. The van der Waals surface area contributed by atoms with Crippen LogP contribution in [0.5, 0.6) is 5.75 Å². The van der Waals surface area contributed by atoms with Crippen molar-refractivity contribution in [2.24, 2.45) is 5.73 Å². The highest BCUT2D eigenvalue weighted by Crippen LogP contribution is 2.27. The topological polar surface area (TPSA) is 38.5 Å². The van der Waals surface area contributed by atoms with E-state index in [9.17, 15) is 0 Å². The normalized spacial score (nSPS) is 14.1. The molecule has 1 aromatic heterocycles.